The second kappa shape index (κ2) is 14.2. The molecule has 0 spiro atoms. The lowest BCUT2D eigenvalue weighted by Gasteiger charge is -2.09. The molecule has 0 bridgehead atoms. The Kier molecular flexibility index (Phi) is 11.6. The van der Waals surface area contributed by atoms with E-state index < -0.39 is 15.6 Å². The first-order valence-corrected chi connectivity index (χ1v) is 12.2. The van der Waals surface area contributed by atoms with E-state index >= 15 is 0 Å². The fraction of sp³-hybridized carbons (Fsp3) is 0.235. The number of sulfone groups is 1. The van der Waals surface area contributed by atoms with Gasteiger partial charge in [-0.25, -0.2) is 18.9 Å². The highest BCUT2D eigenvalue weighted by Gasteiger charge is 2.18. The number of carbonyl (C=O) groups is 1. The van der Waals surface area contributed by atoms with Crippen LogP contribution in [0.3, 0.4) is 0 Å². The highest BCUT2D eigenvalue weighted by Crippen LogP contribution is 2.36. The van der Waals surface area contributed by atoms with Gasteiger partial charge >= 0.3 is 0 Å². The second-order valence-corrected chi connectivity index (χ2v) is 9.43. The zero-order valence-corrected chi connectivity index (χ0v) is 20.1. The molecule has 0 fully saturated rings. The lowest BCUT2D eigenvalue weighted by Crippen LogP contribution is -2.11. The topological polar surface area (TPSA) is 187 Å². The van der Waals surface area contributed by atoms with Gasteiger partial charge in [-0.3, -0.25) is 8.98 Å². The van der Waals surface area contributed by atoms with Crippen molar-refractivity contribution in [2.45, 2.75) is 16.7 Å². The first-order valence-electron chi connectivity index (χ1n) is 9.09. The minimum Gasteiger partial charge on any atom is -0.388 e. The third kappa shape index (κ3) is 8.80. The van der Waals surface area contributed by atoms with Gasteiger partial charge in [0.05, 0.1) is 39.9 Å². The summed E-state index contributed by atoms with van der Waals surface area (Å²) < 4.78 is 38.5. The van der Waals surface area contributed by atoms with Gasteiger partial charge in [-0.15, -0.1) is 18.9 Å². The van der Waals surface area contributed by atoms with Gasteiger partial charge in [0.2, 0.25) is 5.91 Å². The normalized spacial score (nSPS) is 11.6. The predicted molar refractivity (Wildman–Crippen MR) is 122 cm³/mol. The van der Waals surface area contributed by atoms with Crippen molar-refractivity contribution in [2.24, 2.45) is 10.2 Å². The highest BCUT2D eigenvalue weighted by molar-refractivity contribution is 7.94. The molecule has 186 valence electrons. The van der Waals surface area contributed by atoms with Crippen molar-refractivity contribution in [2.75, 3.05) is 30.0 Å². The van der Waals surface area contributed by atoms with Crippen LogP contribution < -0.4 is 10.6 Å². The summed E-state index contributed by atoms with van der Waals surface area (Å²) in [6.45, 7) is 1.07. The van der Waals surface area contributed by atoms with Crippen molar-refractivity contribution in [3.63, 3.8) is 0 Å². The van der Waals surface area contributed by atoms with Crippen molar-refractivity contribution in [1.29, 1.82) is 0 Å². The van der Waals surface area contributed by atoms with Crippen LogP contribution in [-0.4, -0.2) is 44.2 Å². The maximum Gasteiger partial charge on any atom is 0.221 e. The molecule has 2 aromatic carbocycles. The van der Waals surface area contributed by atoms with Crippen molar-refractivity contribution in [3.05, 3.63) is 36.4 Å². The van der Waals surface area contributed by atoms with Crippen LogP contribution in [-0.2, 0) is 37.6 Å². The number of rotatable bonds is 14. The van der Waals surface area contributed by atoms with E-state index in [1.807, 2.05) is 0 Å². The van der Waals surface area contributed by atoms with Crippen LogP contribution in [0.5, 0.6) is 0 Å². The molecule has 0 aromatic heterocycles. The molecule has 4 N–H and O–H groups in total. The monoisotopic (exact) mass is 536 g/mol. The summed E-state index contributed by atoms with van der Waals surface area (Å²) >= 11 is 0.822. The largest absolute Gasteiger partial charge is 0.388 e. The molecule has 0 saturated carbocycles. The van der Waals surface area contributed by atoms with E-state index in [1.165, 1.54) is 25.1 Å². The van der Waals surface area contributed by atoms with Crippen LogP contribution >= 0.6 is 24.4 Å². The minimum absolute atomic E-state index is 0.0712. The molecular weight excluding hydrogens is 516 g/mol. The molecule has 0 aliphatic carbocycles. The first-order chi connectivity index (χ1) is 16.3. The molecule has 0 saturated heterocycles. The summed E-state index contributed by atoms with van der Waals surface area (Å²) in [5, 5.41) is 37.2. The van der Waals surface area contributed by atoms with Gasteiger partial charge in [-0.05, 0) is 36.4 Å². The van der Waals surface area contributed by atoms with Crippen LogP contribution in [0.4, 0.5) is 22.7 Å². The van der Waals surface area contributed by atoms with E-state index in [9.17, 15) is 13.2 Å². The molecular formula is C17H20N4O10S3. The van der Waals surface area contributed by atoms with Crippen molar-refractivity contribution in [3.8, 4) is 0 Å². The molecule has 14 nitrogen and oxygen atoms in total. The average Bonchev–Trinajstić information content (AvgIpc) is 2.81. The number of anilines is 2. The van der Waals surface area contributed by atoms with Gasteiger partial charge in [0.15, 0.2) is 22.2 Å². The number of carbonyl (C=O) groups excluding carboxylic acids is 1. The van der Waals surface area contributed by atoms with Crippen molar-refractivity contribution in [1.82, 2.24) is 0 Å². The number of azo groups is 1. The molecule has 0 atom stereocenters. The molecule has 0 aliphatic heterocycles. The molecule has 34 heavy (non-hydrogen) atoms. The van der Waals surface area contributed by atoms with Gasteiger partial charge in [0.25, 0.3) is 0 Å². The Morgan fingerprint density at radius 2 is 1.79 bits per heavy atom. The summed E-state index contributed by atoms with van der Waals surface area (Å²) in [5.41, 5.74) is 1.47. The number of nitrogens with zero attached hydrogens (tertiary/aromatic N) is 2. The van der Waals surface area contributed by atoms with Crippen LogP contribution in [0.1, 0.15) is 6.92 Å². The first kappa shape index (κ1) is 27.9. The Morgan fingerprint density at radius 3 is 2.47 bits per heavy atom. The van der Waals surface area contributed by atoms with Crippen LogP contribution in [0.15, 0.2) is 56.4 Å². The van der Waals surface area contributed by atoms with E-state index in [2.05, 4.69) is 39.6 Å². The van der Waals surface area contributed by atoms with E-state index in [4.69, 9.17) is 14.7 Å². The fourth-order valence-electron chi connectivity index (χ4n) is 2.40. The van der Waals surface area contributed by atoms with E-state index in [0.717, 1.165) is 5.69 Å². The zero-order valence-electron chi connectivity index (χ0n) is 17.7. The van der Waals surface area contributed by atoms with Crippen LogP contribution in [0.25, 0.3) is 0 Å². The number of hydrogen-bond donors (Lipinski definition) is 4. The fourth-order valence-corrected chi connectivity index (χ4v) is 4.23. The number of amides is 1. The van der Waals surface area contributed by atoms with E-state index in [1.54, 1.807) is 25.2 Å². The van der Waals surface area contributed by atoms with Gasteiger partial charge in [-0.1, -0.05) is 10.1 Å². The third-order valence-electron chi connectivity index (χ3n) is 3.85. The number of nitrogens with one attached hydrogen (secondary N) is 2. The van der Waals surface area contributed by atoms with E-state index in [0.29, 0.717) is 23.4 Å². The zero-order chi connectivity index (χ0) is 25.0. The Hall–Kier alpha value is -2.32. The quantitative estimate of drug-likeness (QED) is 0.0880. The molecule has 17 heteroatoms. The second-order valence-electron chi connectivity index (χ2n) is 6.07. The van der Waals surface area contributed by atoms with Crippen LogP contribution in [0.2, 0.25) is 0 Å². The summed E-state index contributed by atoms with van der Waals surface area (Å²) in [4.78, 5) is 11.7. The lowest BCUT2D eigenvalue weighted by molar-refractivity contribution is -0.434. The number of hydrogen-bond acceptors (Lipinski definition) is 15. The SMILES string of the molecule is CNc1ccc(/N=N/c2cc(S(=O)(=O)CCOSOOO)ccc2SOOO)c(NC(C)=O)c1. The molecule has 2 aromatic rings. The van der Waals surface area contributed by atoms with Gasteiger partial charge in [0, 0.05) is 19.7 Å². The third-order valence-corrected chi connectivity index (χ3v) is 6.56. The lowest BCUT2D eigenvalue weighted by atomic mass is 10.2. The molecule has 1 amide bonds. The number of benzene rings is 2. The molecule has 2 rings (SSSR count). The summed E-state index contributed by atoms with van der Waals surface area (Å²) in [6.07, 6.45) is 0. The Balaban J connectivity index is 2.35. The summed E-state index contributed by atoms with van der Waals surface area (Å²) in [7, 11) is -2.11. The summed E-state index contributed by atoms with van der Waals surface area (Å²) in [5.74, 6) is -0.745. The predicted octanol–water partition coefficient (Wildman–Crippen LogP) is 4.31. The highest BCUT2D eigenvalue weighted by atomic mass is 32.2. The van der Waals surface area contributed by atoms with E-state index in [-0.39, 0.29) is 40.3 Å². The molecule has 0 heterocycles. The summed E-state index contributed by atoms with van der Waals surface area (Å²) in [6, 6.07) is 8.88. The molecule has 0 unspecified atom stereocenters. The maximum atomic E-state index is 12.6. The maximum absolute atomic E-state index is 12.6. The smallest absolute Gasteiger partial charge is 0.221 e. The Bertz CT molecular complexity index is 1100. The minimum atomic E-state index is -3.82. The molecule has 0 aliphatic rings. The van der Waals surface area contributed by atoms with Crippen molar-refractivity contribution >= 4 is 62.9 Å². The Labute approximate surface area is 202 Å². The van der Waals surface area contributed by atoms with Gasteiger partial charge in [-0.2, -0.15) is 0 Å². The average molecular weight is 537 g/mol. The standard InChI is InChI=1S/C17H20N4O10S3/c1-11(22)19-15-9-12(18-2)3-5-14(15)20-21-16-10-13(4-6-17(16)32-30-28-23)34(25,26)8-7-27-33-31-29-24/h3-6,9-10,18,23-24H,7-8H2,1-2H3,(H,19,22)/b21-20+. The van der Waals surface area contributed by atoms with Gasteiger partial charge in [0.1, 0.15) is 11.4 Å². The Morgan fingerprint density at radius 1 is 1.06 bits per heavy atom. The van der Waals surface area contributed by atoms with Crippen LogP contribution in [0, 0.1) is 0 Å². The molecule has 0 radical (unpaired) electrons. The van der Waals surface area contributed by atoms with Crippen molar-refractivity contribution < 1.29 is 46.7 Å². The van der Waals surface area contributed by atoms with Gasteiger partial charge < -0.3 is 10.6 Å².